The van der Waals surface area contributed by atoms with E-state index in [1.54, 1.807) is 11.0 Å². The number of benzene rings is 1. The third-order valence-electron chi connectivity index (χ3n) is 4.29. The number of nitrogens with one attached hydrogen (secondary N) is 2. The maximum absolute atomic E-state index is 12.3. The van der Waals surface area contributed by atoms with E-state index in [4.69, 9.17) is 0 Å². The zero-order valence-corrected chi connectivity index (χ0v) is 12.6. The van der Waals surface area contributed by atoms with Gasteiger partial charge in [-0.25, -0.2) is 4.79 Å². The first-order valence-electron chi connectivity index (χ1n) is 7.71. The van der Waals surface area contributed by atoms with Crippen molar-refractivity contribution in [3.63, 3.8) is 0 Å². The van der Waals surface area contributed by atoms with Crippen molar-refractivity contribution in [3.8, 4) is 0 Å². The highest BCUT2D eigenvalue weighted by atomic mass is 16.3. The number of likely N-dealkylation sites (tertiary alicyclic amines) is 1. The van der Waals surface area contributed by atoms with Gasteiger partial charge in [0, 0.05) is 30.4 Å². The number of carbonyl (C=O) groups excluding carboxylic acids is 2. The lowest BCUT2D eigenvalue weighted by Gasteiger charge is -2.22. The van der Waals surface area contributed by atoms with Gasteiger partial charge in [0.1, 0.15) is 0 Å². The summed E-state index contributed by atoms with van der Waals surface area (Å²) in [6.45, 7) is 2.30. The molecule has 0 saturated carbocycles. The molecule has 1 saturated heterocycles. The van der Waals surface area contributed by atoms with Crippen molar-refractivity contribution >= 4 is 23.3 Å². The molecule has 6 heteroatoms. The molecule has 2 aliphatic rings. The molecule has 0 aliphatic carbocycles. The highest BCUT2D eigenvalue weighted by Gasteiger charge is 2.31. The number of fused-ring (bicyclic) bond motifs is 1. The Hall–Kier alpha value is -2.08. The van der Waals surface area contributed by atoms with E-state index in [0.717, 1.165) is 24.1 Å². The number of amides is 3. The fourth-order valence-electron chi connectivity index (χ4n) is 3.13. The molecule has 1 aromatic rings. The number of urea groups is 1. The average molecular weight is 303 g/mol. The first-order valence-corrected chi connectivity index (χ1v) is 7.71. The number of hydrogen-bond acceptors (Lipinski definition) is 3. The number of aliphatic hydroxyl groups excluding tert-OH is 1. The van der Waals surface area contributed by atoms with Crippen molar-refractivity contribution in [2.45, 2.75) is 44.8 Å². The van der Waals surface area contributed by atoms with Gasteiger partial charge in [0.2, 0.25) is 5.91 Å². The third kappa shape index (κ3) is 3.06. The summed E-state index contributed by atoms with van der Waals surface area (Å²) in [5, 5.41) is 15.4. The van der Waals surface area contributed by atoms with Crippen LogP contribution in [-0.2, 0) is 11.2 Å². The van der Waals surface area contributed by atoms with Crippen molar-refractivity contribution in [2.75, 3.05) is 17.2 Å². The number of aryl methyl sites for hydroxylation is 1. The minimum Gasteiger partial charge on any atom is -0.391 e. The molecule has 2 atom stereocenters. The van der Waals surface area contributed by atoms with Gasteiger partial charge in [-0.05, 0) is 49.9 Å². The molecule has 1 fully saturated rings. The Labute approximate surface area is 129 Å². The van der Waals surface area contributed by atoms with Crippen LogP contribution < -0.4 is 10.6 Å². The van der Waals surface area contributed by atoms with Gasteiger partial charge in [0.15, 0.2) is 0 Å². The maximum atomic E-state index is 12.3. The predicted octanol–water partition coefficient (Wildman–Crippen LogP) is 1.95. The Bertz CT molecular complexity index is 602. The average Bonchev–Trinajstić information content (AvgIpc) is 2.69. The van der Waals surface area contributed by atoms with Crippen LogP contribution in [-0.4, -0.2) is 40.6 Å². The lowest BCUT2D eigenvalue weighted by atomic mass is 10.1. The molecule has 0 bridgehead atoms. The number of rotatable bonds is 1. The van der Waals surface area contributed by atoms with Crippen molar-refractivity contribution < 1.29 is 14.7 Å². The Morgan fingerprint density at radius 1 is 1.41 bits per heavy atom. The quantitative estimate of drug-likeness (QED) is 0.741. The lowest BCUT2D eigenvalue weighted by molar-refractivity contribution is -0.116. The summed E-state index contributed by atoms with van der Waals surface area (Å²) >= 11 is 0. The van der Waals surface area contributed by atoms with Crippen LogP contribution in [0.2, 0.25) is 0 Å². The fourth-order valence-corrected chi connectivity index (χ4v) is 3.13. The summed E-state index contributed by atoms with van der Waals surface area (Å²) in [6.07, 6.45) is 2.33. The molecule has 1 aromatic carbocycles. The van der Waals surface area contributed by atoms with Crippen molar-refractivity contribution in [1.82, 2.24) is 4.90 Å². The van der Waals surface area contributed by atoms with E-state index in [-0.39, 0.29) is 18.0 Å². The summed E-state index contributed by atoms with van der Waals surface area (Å²) in [5.41, 5.74) is 2.58. The largest absolute Gasteiger partial charge is 0.391 e. The molecule has 0 spiro atoms. The number of aliphatic hydroxyl groups is 1. The second kappa shape index (κ2) is 5.96. The second-order valence-electron chi connectivity index (χ2n) is 6.09. The highest BCUT2D eigenvalue weighted by molar-refractivity contribution is 5.94. The molecule has 0 radical (unpaired) electrons. The Morgan fingerprint density at radius 3 is 2.95 bits per heavy atom. The standard InChI is InChI=1S/C16H21N3O3/c1-10-7-13(20)9-19(10)16(22)17-12-5-6-14-11(8-12)3-2-4-15(21)18-14/h5-6,8,10,13,20H,2-4,7,9H2,1H3,(H,17,22)(H,18,21)/t10-,13+/m1/s1. The molecular formula is C16H21N3O3. The summed E-state index contributed by atoms with van der Waals surface area (Å²) in [4.78, 5) is 25.5. The Morgan fingerprint density at radius 2 is 2.23 bits per heavy atom. The number of anilines is 2. The van der Waals surface area contributed by atoms with Crippen molar-refractivity contribution in [1.29, 1.82) is 0 Å². The van der Waals surface area contributed by atoms with E-state index in [1.165, 1.54) is 0 Å². The van der Waals surface area contributed by atoms with Gasteiger partial charge in [0.05, 0.1) is 6.10 Å². The predicted molar refractivity (Wildman–Crippen MR) is 83.8 cm³/mol. The van der Waals surface area contributed by atoms with Crippen LogP contribution >= 0.6 is 0 Å². The van der Waals surface area contributed by atoms with Gasteiger partial charge in [-0.2, -0.15) is 0 Å². The highest BCUT2D eigenvalue weighted by Crippen LogP contribution is 2.26. The fraction of sp³-hybridized carbons (Fsp3) is 0.500. The van der Waals surface area contributed by atoms with E-state index >= 15 is 0 Å². The molecule has 0 unspecified atom stereocenters. The Balaban J connectivity index is 1.72. The summed E-state index contributed by atoms with van der Waals surface area (Å²) in [7, 11) is 0. The number of nitrogens with zero attached hydrogens (tertiary/aromatic N) is 1. The van der Waals surface area contributed by atoms with E-state index in [2.05, 4.69) is 10.6 Å². The normalized spacial score (nSPS) is 24.5. The molecule has 118 valence electrons. The van der Waals surface area contributed by atoms with E-state index in [1.807, 2.05) is 19.1 Å². The molecule has 2 aliphatic heterocycles. The second-order valence-corrected chi connectivity index (χ2v) is 6.09. The first-order chi connectivity index (χ1) is 10.5. The van der Waals surface area contributed by atoms with Gasteiger partial charge >= 0.3 is 6.03 Å². The topological polar surface area (TPSA) is 81.7 Å². The van der Waals surface area contributed by atoms with Gasteiger partial charge in [-0.1, -0.05) is 0 Å². The van der Waals surface area contributed by atoms with Crippen LogP contribution in [0.1, 0.15) is 31.7 Å². The number of β-amino-alcohol motifs (C(OH)–C–C–N with tert-alkyl or cyclic N) is 1. The molecule has 3 N–H and O–H groups in total. The van der Waals surface area contributed by atoms with Crippen LogP contribution in [0.4, 0.5) is 16.2 Å². The Kier molecular flexibility index (Phi) is 4.02. The number of hydrogen-bond donors (Lipinski definition) is 3. The monoisotopic (exact) mass is 303 g/mol. The van der Waals surface area contributed by atoms with E-state index in [9.17, 15) is 14.7 Å². The van der Waals surface area contributed by atoms with Gasteiger partial charge < -0.3 is 20.6 Å². The van der Waals surface area contributed by atoms with Crippen LogP contribution in [0.5, 0.6) is 0 Å². The minimum absolute atomic E-state index is 0.0371. The molecule has 3 amide bonds. The summed E-state index contributed by atoms with van der Waals surface area (Å²) < 4.78 is 0. The van der Waals surface area contributed by atoms with Gasteiger partial charge in [-0.3, -0.25) is 4.79 Å². The van der Waals surface area contributed by atoms with Crippen LogP contribution in [0, 0.1) is 0 Å². The van der Waals surface area contributed by atoms with Gasteiger partial charge in [-0.15, -0.1) is 0 Å². The van der Waals surface area contributed by atoms with Crippen LogP contribution in [0.3, 0.4) is 0 Å². The maximum Gasteiger partial charge on any atom is 0.322 e. The molecule has 0 aromatic heterocycles. The minimum atomic E-state index is -0.442. The first kappa shape index (κ1) is 14.8. The van der Waals surface area contributed by atoms with E-state index in [0.29, 0.717) is 25.1 Å². The zero-order valence-electron chi connectivity index (χ0n) is 12.6. The molecule has 6 nitrogen and oxygen atoms in total. The SMILES string of the molecule is C[C@@H]1C[C@H](O)CN1C(=O)Nc1ccc2c(c1)CCCC(=O)N2. The third-order valence-corrected chi connectivity index (χ3v) is 4.29. The number of carbonyl (C=O) groups is 2. The molecule has 3 rings (SSSR count). The smallest absolute Gasteiger partial charge is 0.322 e. The van der Waals surface area contributed by atoms with Crippen LogP contribution in [0.25, 0.3) is 0 Å². The van der Waals surface area contributed by atoms with Crippen molar-refractivity contribution in [2.24, 2.45) is 0 Å². The molecule has 2 heterocycles. The van der Waals surface area contributed by atoms with Crippen LogP contribution in [0.15, 0.2) is 18.2 Å². The lowest BCUT2D eigenvalue weighted by Crippen LogP contribution is -2.37. The summed E-state index contributed by atoms with van der Waals surface area (Å²) in [6, 6.07) is 5.38. The van der Waals surface area contributed by atoms with Gasteiger partial charge in [0.25, 0.3) is 0 Å². The summed E-state index contributed by atoms with van der Waals surface area (Å²) in [5.74, 6) is 0.0374. The molecular weight excluding hydrogens is 282 g/mol. The zero-order chi connectivity index (χ0) is 15.7. The van der Waals surface area contributed by atoms with Crippen molar-refractivity contribution in [3.05, 3.63) is 23.8 Å². The molecule has 22 heavy (non-hydrogen) atoms. The van der Waals surface area contributed by atoms with E-state index < -0.39 is 6.10 Å².